The maximum Gasteiger partial charge on any atom is 0.226 e. The van der Waals surface area contributed by atoms with E-state index in [-0.39, 0.29) is 0 Å². The third-order valence-electron chi connectivity index (χ3n) is 3.60. The topological polar surface area (TPSA) is 77.2 Å². The summed E-state index contributed by atoms with van der Waals surface area (Å²) in [6.45, 7) is 4.09. The van der Waals surface area contributed by atoms with Crippen molar-refractivity contribution in [2.45, 2.75) is 32.2 Å². The van der Waals surface area contributed by atoms with Crippen LogP contribution in [0.2, 0.25) is 0 Å². The highest BCUT2D eigenvalue weighted by molar-refractivity contribution is 5.38. The molecule has 1 unspecified atom stereocenters. The molecule has 0 bridgehead atoms. The Kier molecular flexibility index (Phi) is 4.10. The lowest BCUT2D eigenvalue weighted by Gasteiger charge is -2.17. The van der Waals surface area contributed by atoms with Gasteiger partial charge in [-0.25, -0.2) is 9.97 Å². The van der Waals surface area contributed by atoms with Crippen LogP contribution in [0, 0.1) is 0 Å². The summed E-state index contributed by atoms with van der Waals surface area (Å²) in [5, 5.41) is 3.96. The van der Waals surface area contributed by atoms with Crippen LogP contribution in [-0.2, 0) is 17.7 Å². The molecule has 1 aliphatic heterocycles. The lowest BCUT2D eigenvalue weighted by Crippen LogP contribution is -2.19. The molecular formula is C14H19N5O2. The summed E-state index contributed by atoms with van der Waals surface area (Å²) in [4.78, 5) is 15.0. The molecule has 0 N–H and O–H groups in total. The fourth-order valence-corrected chi connectivity index (χ4v) is 2.35. The molecule has 112 valence electrons. The van der Waals surface area contributed by atoms with E-state index >= 15 is 0 Å². The van der Waals surface area contributed by atoms with Gasteiger partial charge in [0.25, 0.3) is 0 Å². The fraction of sp³-hybridized carbons (Fsp3) is 0.571. The summed E-state index contributed by atoms with van der Waals surface area (Å²) in [6, 6.07) is 2.01. The van der Waals surface area contributed by atoms with E-state index in [1.807, 2.05) is 24.9 Å². The van der Waals surface area contributed by atoms with E-state index in [1.165, 1.54) is 0 Å². The van der Waals surface area contributed by atoms with Gasteiger partial charge in [-0.1, -0.05) is 12.1 Å². The summed E-state index contributed by atoms with van der Waals surface area (Å²) in [6.07, 6.45) is 3.37. The van der Waals surface area contributed by atoms with Gasteiger partial charge in [0.15, 0.2) is 5.82 Å². The van der Waals surface area contributed by atoms with E-state index in [0.717, 1.165) is 37.6 Å². The minimum Gasteiger partial charge on any atom is -0.381 e. The van der Waals surface area contributed by atoms with E-state index in [0.29, 0.717) is 24.2 Å². The number of aromatic nitrogens is 4. The Bertz CT molecular complexity index is 595. The lowest BCUT2D eigenvalue weighted by molar-refractivity contribution is 0.193. The molecule has 3 heterocycles. The highest BCUT2D eigenvalue weighted by Gasteiger charge is 2.20. The van der Waals surface area contributed by atoms with Crippen LogP contribution in [0.25, 0.3) is 0 Å². The van der Waals surface area contributed by atoms with Gasteiger partial charge in [-0.3, -0.25) is 0 Å². The number of anilines is 1. The lowest BCUT2D eigenvalue weighted by atomic mass is 10.0. The van der Waals surface area contributed by atoms with Crippen molar-refractivity contribution >= 4 is 5.82 Å². The quantitative estimate of drug-likeness (QED) is 0.826. The molecule has 0 aromatic carbocycles. The predicted octanol–water partition coefficient (Wildman–Crippen LogP) is 1.56. The molecule has 0 radical (unpaired) electrons. The Hall–Kier alpha value is -2.02. The number of ether oxygens (including phenoxy) is 1. The molecule has 1 atom stereocenters. The molecule has 2 aromatic rings. The van der Waals surface area contributed by atoms with Gasteiger partial charge in [-0.2, -0.15) is 4.98 Å². The van der Waals surface area contributed by atoms with Crippen molar-refractivity contribution in [3.63, 3.8) is 0 Å². The van der Waals surface area contributed by atoms with Crippen LogP contribution < -0.4 is 4.90 Å². The average molecular weight is 289 g/mol. The summed E-state index contributed by atoms with van der Waals surface area (Å²) in [7, 11) is 1.96. The van der Waals surface area contributed by atoms with E-state index in [2.05, 4.69) is 20.1 Å². The zero-order chi connectivity index (χ0) is 14.7. The van der Waals surface area contributed by atoms with Crippen molar-refractivity contribution in [2.24, 2.45) is 0 Å². The molecule has 0 amide bonds. The van der Waals surface area contributed by atoms with Gasteiger partial charge in [0.1, 0.15) is 12.1 Å². The van der Waals surface area contributed by atoms with E-state index in [4.69, 9.17) is 9.26 Å². The first-order valence-electron chi connectivity index (χ1n) is 7.18. The van der Waals surface area contributed by atoms with Gasteiger partial charge in [0.05, 0.1) is 18.8 Å². The van der Waals surface area contributed by atoms with Gasteiger partial charge >= 0.3 is 0 Å². The Labute approximate surface area is 123 Å². The Morgan fingerprint density at radius 3 is 3.00 bits per heavy atom. The standard InChI is InChI=1S/C14H19N5O2/c1-3-14-17-12(18-21-14)7-19(2)13-6-11(15-9-16-13)10-4-5-20-8-10/h6,9-10H,3-5,7-8H2,1-2H3. The van der Waals surface area contributed by atoms with Crippen molar-refractivity contribution in [3.8, 4) is 0 Å². The monoisotopic (exact) mass is 289 g/mol. The van der Waals surface area contributed by atoms with Crippen LogP contribution in [0.15, 0.2) is 16.9 Å². The molecule has 7 nitrogen and oxygen atoms in total. The SMILES string of the molecule is CCc1nc(CN(C)c2cc(C3CCOC3)ncn2)no1. The second-order valence-electron chi connectivity index (χ2n) is 5.18. The largest absolute Gasteiger partial charge is 0.381 e. The highest BCUT2D eigenvalue weighted by atomic mass is 16.5. The summed E-state index contributed by atoms with van der Waals surface area (Å²) < 4.78 is 10.5. The zero-order valence-corrected chi connectivity index (χ0v) is 12.3. The molecule has 1 fully saturated rings. The van der Waals surface area contributed by atoms with Crippen LogP contribution in [0.1, 0.15) is 36.7 Å². The van der Waals surface area contributed by atoms with Gasteiger partial charge < -0.3 is 14.2 Å². The molecule has 1 saturated heterocycles. The van der Waals surface area contributed by atoms with E-state index in [1.54, 1.807) is 6.33 Å². The number of rotatable bonds is 5. The van der Waals surface area contributed by atoms with Gasteiger partial charge in [0.2, 0.25) is 5.89 Å². The highest BCUT2D eigenvalue weighted by Crippen LogP contribution is 2.25. The minimum atomic E-state index is 0.372. The molecule has 3 rings (SSSR count). The van der Waals surface area contributed by atoms with Crippen molar-refractivity contribution < 1.29 is 9.26 Å². The molecule has 7 heteroatoms. The van der Waals surface area contributed by atoms with Crippen molar-refractivity contribution in [1.82, 2.24) is 20.1 Å². The van der Waals surface area contributed by atoms with Crippen LogP contribution in [0.3, 0.4) is 0 Å². The summed E-state index contributed by atoms with van der Waals surface area (Å²) in [5.74, 6) is 2.55. The fourth-order valence-electron chi connectivity index (χ4n) is 2.35. The molecule has 21 heavy (non-hydrogen) atoms. The van der Waals surface area contributed by atoms with Crippen molar-refractivity contribution in [3.05, 3.63) is 29.8 Å². The van der Waals surface area contributed by atoms with Crippen LogP contribution >= 0.6 is 0 Å². The molecule has 1 aliphatic rings. The number of hydrogen-bond acceptors (Lipinski definition) is 7. The minimum absolute atomic E-state index is 0.372. The van der Waals surface area contributed by atoms with Gasteiger partial charge in [-0.05, 0) is 6.42 Å². The number of hydrogen-bond donors (Lipinski definition) is 0. The first-order chi connectivity index (χ1) is 10.3. The maximum absolute atomic E-state index is 5.42. The van der Waals surface area contributed by atoms with Crippen molar-refractivity contribution in [1.29, 1.82) is 0 Å². The average Bonchev–Trinajstić information content (AvgIpc) is 3.18. The first kappa shape index (κ1) is 13.9. The molecule has 0 aliphatic carbocycles. The Morgan fingerprint density at radius 1 is 1.38 bits per heavy atom. The maximum atomic E-state index is 5.42. The van der Waals surface area contributed by atoms with E-state index < -0.39 is 0 Å². The smallest absolute Gasteiger partial charge is 0.226 e. The Morgan fingerprint density at radius 2 is 2.29 bits per heavy atom. The van der Waals surface area contributed by atoms with Crippen LogP contribution in [0.4, 0.5) is 5.82 Å². The molecule has 2 aromatic heterocycles. The second-order valence-corrected chi connectivity index (χ2v) is 5.18. The number of aryl methyl sites for hydroxylation is 1. The van der Waals surface area contributed by atoms with Crippen molar-refractivity contribution in [2.75, 3.05) is 25.2 Å². The molecular weight excluding hydrogens is 270 g/mol. The Balaban J connectivity index is 1.71. The summed E-state index contributed by atoms with van der Waals surface area (Å²) >= 11 is 0. The third-order valence-corrected chi connectivity index (χ3v) is 3.60. The zero-order valence-electron chi connectivity index (χ0n) is 12.3. The summed E-state index contributed by atoms with van der Waals surface area (Å²) in [5.41, 5.74) is 1.03. The molecule has 0 saturated carbocycles. The van der Waals surface area contributed by atoms with E-state index in [9.17, 15) is 0 Å². The second kappa shape index (κ2) is 6.17. The van der Waals surface area contributed by atoms with Gasteiger partial charge in [-0.15, -0.1) is 0 Å². The van der Waals surface area contributed by atoms with Gasteiger partial charge in [0, 0.05) is 32.1 Å². The first-order valence-corrected chi connectivity index (χ1v) is 7.18. The van der Waals surface area contributed by atoms with Crippen LogP contribution in [-0.4, -0.2) is 40.4 Å². The molecule has 0 spiro atoms. The number of nitrogens with zero attached hydrogens (tertiary/aromatic N) is 5. The predicted molar refractivity (Wildman–Crippen MR) is 76.0 cm³/mol. The van der Waals surface area contributed by atoms with Crippen LogP contribution in [0.5, 0.6) is 0 Å². The third kappa shape index (κ3) is 3.18. The normalized spacial score (nSPS) is 18.1.